The lowest BCUT2D eigenvalue weighted by atomic mass is 9.90. The molecule has 2 aliphatic rings. The number of hydrogen-bond acceptors (Lipinski definition) is 3. The first-order chi connectivity index (χ1) is 10.8. The van der Waals surface area contributed by atoms with E-state index in [1.54, 1.807) is 7.11 Å². The molecule has 3 rings (SSSR count). The highest BCUT2D eigenvalue weighted by molar-refractivity contribution is 6.30. The monoisotopic (exact) mass is 323 g/mol. The molecular weight excluding hydrogens is 298 g/mol. The lowest BCUT2D eigenvalue weighted by Gasteiger charge is -2.25. The minimum absolute atomic E-state index is 0.335. The molecule has 3 nitrogen and oxygen atoms in total. The molecule has 0 spiro atoms. The second-order valence-electron chi connectivity index (χ2n) is 6.52. The SMILES string of the molecule is COc1cc(Cl)cc(CC2CCNCC2)c1OC1CCCC1. The van der Waals surface area contributed by atoms with E-state index in [0.29, 0.717) is 12.0 Å². The molecule has 1 saturated heterocycles. The Kier molecular flexibility index (Phi) is 5.48. The summed E-state index contributed by atoms with van der Waals surface area (Å²) in [5.41, 5.74) is 1.21. The van der Waals surface area contributed by atoms with E-state index < -0.39 is 0 Å². The van der Waals surface area contributed by atoms with Crippen LogP contribution in [0.4, 0.5) is 0 Å². The van der Waals surface area contributed by atoms with Gasteiger partial charge in [0.2, 0.25) is 0 Å². The molecule has 122 valence electrons. The third kappa shape index (κ3) is 3.88. The summed E-state index contributed by atoms with van der Waals surface area (Å²) >= 11 is 6.29. The van der Waals surface area contributed by atoms with Gasteiger partial charge in [0, 0.05) is 11.1 Å². The predicted molar refractivity (Wildman–Crippen MR) is 90.2 cm³/mol. The molecule has 0 aromatic heterocycles. The number of halogens is 1. The van der Waals surface area contributed by atoms with Gasteiger partial charge in [-0.1, -0.05) is 11.6 Å². The van der Waals surface area contributed by atoms with Gasteiger partial charge in [0.1, 0.15) is 0 Å². The van der Waals surface area contributed by atoms with E-state index in [-0.39, 0.29) is 0 Å². The maximum absolute atomic E-state index is 6.33. The second kappa shape index (κ2) is 7.56. The van der Waals surface area contributed by atoms with Crippen molar-refractivity contribution in [2.45, 2.75) is 51.0 Å². The van der Waals surface area contributed by atoms with Crippen molar-refractivity contribution in [1.82, 2.24) is 5.32 Å². The Morgan fingerprint density at radius 1 is 1.14 bits per heavy atom. The molecule has 4 heteroatoms. The molecule has 0 atom stereocenters. The maximum atomic E-state index is 6.33. The third-order valence-electron chi connectivity index (χ3n) is 4.87. The van der Waals surface area contributed by atoms with Gasteiger partial charge >= 0.3 is 0 Å². The highest BCUT2D eigenvalue weighted by Gasteiger charge is 2.23. The summed E-state index contributed by atoms with van der Waals surface area (Å²) < 4.78 is 11.9. The standard InChI is InChI=1S/C18H26ClNO2/c1-21-17-12-15(19)11-14(10-13-6-8-20-9-7-13)18(17)22-16-4-2-3-5-16/h11-13,16,20H,2-10H2,1H3. The Balaban J connectivity index is 1.82. The van der Waals surface area contributed by atoms with Crippen LogP contribution in [0.15, 0.2) is 12.1 Å². The van der Waals surface area contributed by atoms with Crippen molar-refractivity contribution in [3.8, 4) is 11.5 Å². The van der Waals surface area contributed by atoms with Crippen molar-refractivity contribution in [2.24, 2.45) is 5.92 Å². The Hall–Kier alpha value is -0.930. The zero-order valence-corrected chi connectivity index (χ0v) is 14.1. The molecule has 1 saturated carbocycles. The van der Waals surface area contributed by atoms with Gasteiger partial charge in [0.15, 0.2) is 11.5 Å². The number of hydrogen-bond donors (Lipinski definition) is 1. The fourth-order valence-electron chi connectivity index (χ4n) is 3.63. The lowest BCUT2D eigenvalue weighted by molar-refractivity contribution is 0.197. The fourth-order valence-corrected chi connectivity index (χ4v) is 3.86. The Labute approximate surface area is 138 Å². The van der Waals surface area contributed by atoms with Crippen molar-refractivity contribution >= 4 is 11.6 Å². The van der Waals surface area contributed by atoms with Crippen molar-refractivity contribution in [3.63, 3.8) is 0 Å². The molecule has 0 bridgehead atoms. The molecule has 1 aromatic carbocycles. The van der Waals surface area contributed by atoms with E-state index in [1.165, 1.54) is 31.2 Å². The van der Waals surface area contributed by atoms with Crippen LogP contribution in [-0.4, -0.2) is 26.3 Å². The van der Waals surface area contributed by atoms with Crippen molar-refractivity contribution < 1.29 is 9.47 Å². The number of piperidine rings is 1. The molecule has 2 fully saturated rings. The minimum Gasteiger partial charge on any atom is -0.493 e. The first-order valence-corrected chi connectivity index (χ1v) is 8.88. The van der Waals surface area contributed by atoms with Gasteiger partial charge < -0.3 is 14.8 Å². The molecule has 1 heterocycles. The molecule has 22 heavy (non-hydrogen) atoms. The fraction of sp³-hybridized carbons (Fsp3) is 0.667. The third-order valence-corrected chi connectivity index (χ3v) is 5.09. The Bertz CT molecular complexity index is 494. The number of ether oxygens (including phenoxy) is 2. The summed E-state index contributed by atoms with van der Waals surface area (Å²) in [6.45, 7) is 2.22. The minimum atomic E-state index is 0.335. The normalized spacial score (nSPS) is 20.3. The number of nitrogens with one attached hydrogen (secondary N) is 1. The second-order valence-corrected chi connectivity index (χ2v) is 6.95. The van der Waals surface area contributed by atoms with E-state index in [1.807, 2.05) is 6.07 Å². The average molecular weight is 324 g/mol. The number of methoxy groups -OCH3 is 1. The van der Waals surface area contributed by atoms with Gasteiger partial charge in [0.05, 0.1) is 13.2 Å². The van der Waals surface area contributed by atoms with Crippen LogP contribution in [0.25, 0.3) is 0 Å². The molecular formula is C18H26ClNO2. The van der Waals surface area contributed by atoms with Crippen LogP contribution in [0, 0.1) is 5.92 Å². The van der Waals surface area contributed by atoms with Crippen molar-refractivity contribution in [3.05, 3.63) is 22.7 Å². The van der Waals surface area contributed by atoms with Gasteiger partial charge in [-0.3, -0.25) is 0 Å². The Morgan fingerprint density at radius 2 is 1.86 bits per heavy atom. The van der Waals surface area contributed by atoms with Crippen LogP contribution < -0.4 is 14.8 Å². The van der Waals surface area contributed by atoms with E-state index in [2.05, 4.69) is 11.4 Å². The maximum Gasteiger partial charge on any atom is 0.164 e. The summed E-state index contributed by atoms with van der Waals surface area (Å²) in [6, 6.07) is 3.94. The first kappa shape index (κ1) is 15.9. The molecule has 0 radical (unpaired) electrons. The quantitative estimate of drug-likeness (QED) is 0.880. The molecule has 0 unspecified atom stereocenters. The number of benzene rings is 1. The van der Waals surface area contributed by atoms with Crippen LogP contribution in [-0.2, 0) is 6.42 Å². The molecule has 1 N–H and O–H groups in total. The summed E-state index contributed by atoms with van der Waals surface area (Å²) in [7, 11) is 1.70. The van der Waals surface area contributed by atoms with Crippen LogP contribution in [0.2, 0.25) is 5.02 Å². The van der Waals surface area contributed by atoms with E-state index in [4.69, 9.17) is 21.1 Å². The highest BCUT2D eigenvalue weighted by atomic mass is 35.5. The van der Waals surface area contributed by atoms with E-state index in [9.17, 15) is 0 Å². The van der Waals surface area contributed by atoms with Crippen molar-refractivity contribution in [1.29, 1.82) is 0 Å². The van der Waals surface area contributed by atoms with Crippen LogP contribution in [0.1, 0.15) is 44.1 Å². The first-order valence-electron chi connectivity index (χ1n) is 8.50. The molecule has 1 aliphatic heterocycles. The average Bonchev–Trinajstić information content (AvgIpc) is 3.03. The van der Waals surface area contributed by atoms with Crippen LogP contribution in [0.3, 0.4) is 0 Å². The number of rotatable bonds is 5. The van der Waals surface area contributed by atoms with Gasteiger partial charge in [-0.2, -0.15) is 0 Å². The van der Waals surface area contributed by atoms with E-state index >= 15 is 0 Å². The zero-order valence-electron chi connectivity index (χ0n) is 13.4. The molecule has 1 aromatic rings. The molecule has 1 aliphatic carbocycles. The summed E-state index contributed by atoms with van der Waals surface area (Å²) in [6.07, 6.45) is 8.64. The smallest absolute Gasteiger partial charge is 0.164 e. The summed E-state index contributed by atoms with van der Waals surface area (Å²) in [5, 5.41) is 4.16. The Morgan fingerprint density at radius 3 is 2.55 bits per heavy atom. The topological polar surface area (TPSA) is 30.5 Å². The molecule has 0 amide bonds. The van der Waals surface area contributed by atoms with Gasteiger partial charge in [0.25, 0.3) is 0 Å². The van der Waals surface area contributed by atoms with Crippen molar-refractivity contribution in [2.75, 3.05) is 20.2 Å². The summed E-state index contributed by atoms with van der Waals surface area (Å²) in [4.78, 5) is 0. The van der Waals surface area contributed by atoms with E-state index in [0.717, 1.165) is 48.9 Å². The van der Waals surface area contributed by atoms with Gasteiger partial charge in [-0.25, -0.2) is 0 Å². The van der Waals surface area contributed by atoms with Gasteiger partial charge in [-0.05, 0) is 75.6 Å². The predicted octanol–water partition coefficient (Wildman–Crippen LogP) is 4.21. The lowest BCUT2D eigenvalue weighted by Crippen LogP contribution is -2.28. The highest BCUT2D eigenvalue weighted by Crippen LogP contribution is 2.39. The largest absolute Gasteiger partial charge is 0.493 e. The summed E-state index contributed by atoms with van der Waals surface area (Å²) in [5.74, 6) is 2.41. The zero-order chi connectivity index (χ0) is 15.4. The van der Waals surface area contributed by atoms with Crippen LogP contribution in [0.5, 0.6) is 11.5 Å². The van der Waals surface area contributed by atoms with Gasteiger partial charge in [-0.15, -0.1) is 0 Å². The van der Waals surface area contributed by atoms with Crippen LogP contribution >= 0.6 is 11.6 Å².